The van der Waals surface area contributed by atoms with E-state index in [1.807, 2.05) is 84.3 Å². The Morgan fingerprint density at radius 1 is 0.659 bits per heavy atom. The Bertz CT molecular complexity index is 2370. The van der Waals surface area contributed by atoms with Crippen molar-refractivity contribution in [3.05, 3.63) is 161 Å². The van der Waals surface area contributed by atoms with Crippen LogP contribution in [0.15, 0.2) is 143 Å². The highest BCUT2D eigenvalue weighted by molar-refractivity contribution is 6.19. The zero-order chi connectivity index (χ0) is 30.2. The summed E-state index contributed by atoms with van der Waals surface area (Å²) in [5.41, 5.74) is 10.4. The Morgan fingerprint density at radius 3 is 2.07 bits per heavy atom. The summed E-state index contributed by atoms with van der Waals surface area (Å²) in [6.07, 6.45) is 1.84. The Kier molecular flexibility index (Phi) is 6.95. The number of nitrogens with zero attached hydrogens (tertiary/aromatic N) is 3. The molecule has 0 bridgehead atoms. The molecule has 0 radical (unpaired) electrons. The minimum Gasteiger partial charge on any atom is -0.273 e. The van der Waals surface area contributed by atoms with Crippen LogP contribution in [0.3, 0.4) is 0 Å². The third-order valence-electron chi connectivity index (χ3n) is 8.27. The average Bonchev–Trinajstić information content (AvgIpc) is 3.40. The van der Waals surface area contributed by atoms with E-state index in [0.29, 0.717) is 5.39 Å². The first-order valence-corrected chi connectivity index (χ1v) is 14.8. The van der Waals surface area contributed by atoms with Crippen molar-refractivity contribution in [2.45, 2.75) is 20.8 Å². The predicted molar refractivity (Wildman–Crippen MR) is 185 cm³/mol. The lowest BCUT2D eigenvalue weighted by Gasteiger charge is -2.07. The van der Waals surface area contributed by atoms with E-state index in [9.17, 15) is 4.79 Å². The second-order valence-corrected chi connectivity index (χ2v) is 11.2. The summed E-state index contributed by atoms with van der Waals surface area (Å²) in [7, 11) is 0. The fourth-order valence-corrected chi connectivity index (χ4v) is 5.92. The number of benzene rings is 5. The molecule has 3 heterocycles. The maximum Gasteiger partial charge on any atom is 0.263 e. The van der Waals surface area contributed by atoms with E-state index in [2.05, 4.69) is 79.5 Å². The van der Waals surface area contributed by atoms with Crippen molar-refractivity contribution in [1.29, 1.82) is 0 Å². The van der Waals surface area contributed by atoms with Crippen LogP contribution in [0.1, 0.15) is 23.6 Å². The van der Waals surface area contributed by atoms with Gasteiger partial charge in [0.25, 0.3) is 5.56 Å². The van der Waals surface area contributed by atoms with Crippen molar-refractivity contribution in [2.24, 2.45) is 4.99 Å². The van der Waals surface area contributed by atoms with Crippen molar-refractivity contribution >= 4 is 49.5 Å². The van der Waals surface area contributed by atoms with Crippen LogP contribution < -0.4 is 5.56 Å². The minimum atomic E-state index is -0.00313. The fourth-order valence-electron chi connectivity index (χ4n) is 5.92. The summed E-state index contributed by atoms with van der Waals surface area (Å²) in [5, 5.41) is 3.68. The lowest BCUT2D eigenvalue weighted by molar-refractivity contribution is 1.20. The predicted octanol–water partition coefficient (Wildman–Crippen LogP) is 9.70. The number of aryl methyl sites for hydroxylation is 2. The van der Waals surface area contributed by atoms with Crippen LogP contribution >= 0.6 is 0 Å². The molecule has 0 unspecified atom stereocenters. The monoisotopic (exact) mass is 569 g/mol. The lowest BCUT2D eigenvalue weighted by atomic mass is 10.0. The molecule has 0 spiro atoms. The summed E-state index contributed by atoms with van der Waals surface area (Å²) in [6.45, 7) is 6.21. The molecule has 0 saturated carbocycles. The van der Waals surface area contributed by atoms with E-state index in [1.54, 1.807) is 0 Å². The lowest BCUT2D eigenvalue weighted by Crippen LogP contribution is -2.13. The molecule has 44 heavy (non-hydrogen) atoms. The van der Waals surface area contributed by atoms with Crippen LogP contribution in [0.4, 0.5) is 5.69 Å². The number of para-hydroxylation sites is 1. The van der Waals surface area contributed by atoms with Gasteiger partial charge >= 0.3 is 0 Å². The Labute approximate surface area is 255 Å². The highest BCUT2D eigenvalue weighted by atomic mass is 16.1. The standard InChI is InChI=1S/C33H23N3O.C7H8/c1-20-7-3-6-10-29(20)35-21(2)22-11-13-23(14-12-22)24-15-16-30-28(19-24)26-17-18-34-31-25-8-4-5-9-27(25)33(37)36(30)32(26)31;1-7-5-3-2-4-6-7/h3-19H,1-2H3;2-6H,1H3. The maximum absolute atomic E-state index is 13.5. The van der Waals surface area contributed by atoms with Gasteiger partial charge in [-0.05, 0) is 73.4 Å². The molecule has 4 heteroatoms. The molecule has 8 aromatic rings. The van der Waals surface area contributed by atoms with Crippen LogP contribution in [0.25, 0.3) is 49.2 Å². The van der Waals surface area contributed by atoms with Crippen molar-refractivity contribution in [1.82, 2.24) is 9.38 Å². The van der Waals surface area contributed by atoms with E-state index in [0.717, 1.165) is 66.4 Å². The molecule has 0 saturated heterocycles. The van der Waals surface area contributed by atoms with Crippen LogP contribution in [-0.4, -0.2) is 15.1 Å². The zero-order valence-electron chi connectivity index (χ0n) is 25.0. The SMILES string of the molecule is CC(=Nc1ccccc1C)c1ccc(-c2ccc3c(c2)c2ccnc4c5ccccc5c(=O)n3c24)cc1.Cc1ccccc1. The van der Waals surface area contributed by atoms with Gasteiger partial charge in [-0.2, -0.15) is 0 Å². The molecule has 4 nitrogen and oxygen atoms in total. The number of aliphatic imine (C=N–C) groups is 1. The smallest absolute Gasteiger partial charge is 0.263 e. The third-order valence-corrected chi connectivity index (χ3v) is 8.27. The van der Waals surface area contributed by atoms with Gasteiger partial charge < -0.3 is 0 Å². The number of aromatic nitrogens is 2. The molecule has 8 rings (SSSR count). The second kappa shape index (κ2) is 11.2. The number of pyridine rings is 2. The van der Waals surface area contributed by atoms with Gasteiger partial charge in [0.2, 0.25) is 0 Å². The molecule has 0 aliphatic carbocycles. The number of rotatable bonds is 3. The van der Waals surface area contributed by atoms with Crippen molar-refractivity contribution in [3.63, 3.8) is 0 Å². The highest BCUT2D eigenvalue weighted by Gasteiger charge is 2.18. The van der Waals surface area contributed by atoms with E-state index in [4.69, 9.17) is 4.99 Å². The number of fused-ring (bicyclic) bond motifs is 5. The van der Waals surface area contributed by atoms with Gasteiger partial charge in [-0.15, -0.1) is 0 Å². The molecule has 0 fully saturated rings. The molecule has 212 valence electrons. The van der Waals surface area contributed by atoms with Gasteiger partial charge in [-0.25, -0.2) is 0 Å². The molecule has 5 aromatic carbocycles. The summed E-state index contributed by atoms with van der Waals surface area (Å²) < 4.78 is 1.83. The van der Waals surface area contributed by atoms with Gasteiger partial charge in [0, 0.05) is 33.5 Å². The average molecular weight is 570 g/mol. The van der Waals surface area contributed by atoms with Crippen molar-refractivity contribution < 1.29 is 0 Å². The van der Waals surface area contributed by atoms with E-state index in [1.165, 1.54) is 5.56 Å². The van der Waals surface area contributed by atoms with E-state index in [-0.39, 0.29) is 5.56 Å². The Morgan fingerprint density at radius 2 is 1.34 bits per heavy atom. The van der Waals surface area contributed by atoms with Gasteiger partial charge in [0.05, 0.1) is 22.2 Å². The number of hydrogen-bond donors (Lipinski definition) is 0. The van der Waals surface area contributed by atoms with E-state index >= 15 is 0 Å². The second-order valence-electron chi connectivity index (χ2n) is 11.2. The largest absolute Gasteiger partial charge is 0.273 e. The first-order chi connectivity index (χ1) is 21.5. The molecule has 0 N–H and O–H groups in total. The van der Waals surface area contributed by atoms with Crippen LogP contribution in [0.5, 0.6) is 0 Å². The topological polar surface area (TPSA) is 46.7 Å². The first-order valence-electron chi connectivity index (χ1n) is 14.8. The molecular weight excluding hydrogens is 538 g/mol. The molecule has 0 aliphatic heterocycles. The summed E-state index contributed by atoms with van der Waals surface area (Å²) >= 11 is 0. The summed E-state index contributed by atoms with van der Waals surface area (Å²) in [6, 6.07) is 43.0. The Balaban J connectivity index is 0.000000396. The van der Waals surface area contributed by atoms with Crippen molar-refractivity contribution in [2.75, 3.05) is 0 Å². The van der Waals surface area contributed by atoms with E-state index < -0.39 is 0 Å². The zero-order valence-corrected chi connectivity index (χ0v) is 25.0. The first kappa shape index (κ1) is 27.2. The molecular formula is C40H31N3O. The van der Waals surface area contributed by atoms with Gasteiger partial charge in [0.15, 0.2) is 0 Å². The molecule has 0 atom stereocenters. The van der Waals surface area contributed by atoms with Crippen molar-refractivity contribution in [3.8, 4) is 11.1 Å². The highest BCUT2D eigenvalue weighted by Crippen LogP contribution is 2.35. The summed E-state index contributed by atoms with van der Waals surface area (Å²) in [5.74, 6) is 0. The van der Waals surface area contributed by atoms with Crippen LogP contribution in [0.2, 0.25) is 0 Å². The van der Waals surface area contributed by atoms with Crippen LogP contribution in [0, 0.1) is 13.8 Å². The quantitative estimate of drug-likeness (QED) is 0.157. The number of hydrogen-bond acceptors (Lipinski definition) is 3. The van der Waals surface area contributed by atoms with Gasteiger partial charge in [0.1, 0.15) is 0 Å². The van der Waals surface area contributed by atoms with Crippen LogP contribution in [-0.2, 0) is 0 Å². The third kappa shape index (κ3) is 4.81. The Hall–Kier alpha value is -5.61. The van der Waals surface area contributed by atoms with Gasteiger partial charge in [-0.1, -0.05) is 103 Å². The molecule has 0 aliphatic rings. The maximum atomic E-state index is 13.5. The summed E-state index contributed by atoms with van der Waals surface area (Å²) in [4.78, 5) is 23.0. The molecule has 3 aromatic heterocycles. The minimum absolute atomic E-state index is 0.00313. The fraction of sp³-hybridized carbons (Fsp3) is 0.0750. The van der Waals surface area contributed by atoms with Gasteiger partial charge in [-0.3, -0.25) is 19.2 Å². The molecule has 0 amide bonds. The normalized spacial score (nSPS) is 11.8.